The third-order valence-electron chi connectivity index (χ3n) is 7.54. The molecule has 1 atom stereocenters. The number of aromatic nitrogens is 5. The van der Waals surface area contributed by atoms with Crippen molar-refractivity contribution in [2.75, 3.05) is 23.3 Å². The smallest absolute Gasteiger partial charge is 0.355 e. The second kappa shape index (κ2) is 12.7. The molecule has 1 fully saturated rings. The van der Waals surface area contributed by atoms with Gasteiger partial charge in [-0.2, -0.15) is 4.68 Å². The summed E-state index contributed by atoms with van der Waals surface area (Å²) in [5, 5.41) is 15.2. The summed E-state index contributed by atoms with van der Waals surface area (Å²) in [5.41, 5.74) is 2.40. The largest absolute Gasteiger partial charge is 0.455 e. The Bertz CT molecular complexity index is 1970. The van der Waals surface area contributed by atoms with Crippen molar-refractivity contribution in [2.24, 2.45) is 0 Å². The maximum absolute atomic E-state index is 13.9. The van der Waals surface area contributed by atoms with Crippen molar-refractivity contribution in [3.05, 3.63) is 95.4 Å². The van der Waals surface area contributed by atoms with Gasteiger partial charge in [0.1, 0.15) is 23.7 Å². The van der Waals surface area contributed by atoms with Gasteiger partial charge in [-0.25, -0.2) is 4.79 Å². The van der Waals surface area contributed by atoms with E-state index in [1.807, 2.05) is 30.3 Å². The van der Waals surface area contributed by atoms with E-state index in [1.165, 1.54) is 20.8 Å². The van der Waals surface area contributed by atoms with Crippen molar-refractivity contribution in [1.82, 2.24) is 30.1 Å². The summed E-state index contributed by atoms with van der Waals surface area (Å²) in [7, 11) is 0. The number of nitrogens with one attached hydrogen (secondary N) is 2. The van der Waals surface area contributed by atoms with Crippen molar-refractivity contribution in [3.63, 3.8) is 0 Å². The Morgan fingerprint density at radius 3 is 2.49 bits per heavy atom. The number of aromatic amines is 1. The maximum atomic E-state index is 13.9. The monoisotopic (exact) mass is 654 g/mol. The zero-order valence-corrected chi connectivity index (χ0v) is 26.6. The van der Waals surface area contributed by atoms with Crippen LogP contribution in [0.5, 0.6) is 0 Å². The number of piperazine rings is 1. The average Bonchev–Trinajstić information content (AvgIpc) is 3.72. The lowest BCUT2D eigenvalue weighted by atomic mass is 10.0. The van der Waals surface area contributed by atoms with Gasteiger partial charge >= 0.3 is 17.8 Å². The number of H-pyrrole nitrogens is 1. The molecule has 13 nitrogen and oxygen atoms in total. The fourth-order valence-corrected chi connectivity index (χ4v) is 5.58. The van der Waals surface area contributed by atoms with Crippen LogP contribution in [0.1, 0.15) is 36.8 Å². The molecule has 1 saturated heterocycles. The molecule has 47 heavy (non-hydrogen) atoms. The van der Waals surface area contributed by atoms with Crippen LogP contribution in [0.3, 0.4) is 0 Å². The lowest BCUT2D eigenvalue weighted by Gasteiger charge is -2.38. The van der Waals surface area contributed by atoms with Crippen molar-refractivity contribution < 1.29 is 23.9 Å². The molecule has 2 N–H and O–H groups in total. The molecular formula is C33H31ClN8O5. The van der Waals surface area contributed by atoms with Crippen LogP contribution in [0.4, 0.5) is 11.4 Å². The molecule has 2 aromatic heterocycles. The van der Waals surface area contributed by atoms with E-state index in [-0.39, 0.29) is 25.2 Å². The lowest BCUT2D eigenvalue weighted by Crippen LogP contribution is -2.60. The molecule has 240 valence electrons. The SMILES string of the molecule is CC(C)(C)OC(=O)c1cc2cc(NC(=O)[C@H](Cc3ccccc3)N3CCN(c4cc(Cl)ccc4-n4cnnn4)C(=O)C3=O)ccc2[nH]1. The number of benzene rings is 3. The summed E-state index contributed by atoms with van der Waals surface area (Å²) in [6.07, 6.45) is 1.55. The van der Waals surface area contributed by atoms with Crippen molar-refractivity contribution in [3.8, 4) is 5.69 Å². The number of ether oxygens (including phenoxy) is 1. The van der Waals surface area contributed by atoms with Crippen LogP contribution >= 0.6 is 11.6 Å². The first-order chi connectivity index (χ1) is 22.5. The number of fused-ring (bicyclic) bond motifs is 1. The standard InChI is InChI=1S/C33H31ClN8O5/c1-33(2,3)47-32(46)25-17-21-16-23(10-11-24(21)37-25)36-29(43)28(15-20-7-5-4-6-8-20)41-14-13-40(30(44)31(41)45)27-18-22(34)9-12-26(27)42-19-35-38-39-42/h4-12,16-19,28,37H,13-15H2,1-3H3,(H,36,43)/t28-/m0/s1. The number of esters is 1. The van der Waals surface area contributed by atoms with E-state index in [1.54, 1.807) is 63.2 Å². The van der Waals surface area contributed by atoms with Gasteiger partial charge in [-0.05, 0) is 79.2 Å². The van der Waals surface area contributed by atoms with Gasteiger partial charge in [0.2, 0.25) is 5.91 Å². The summed E-state index contributed by atoms with van der Waals surface area (Å²) in [6.45, 7) is 5.54. The van der Waals surface area contributed by atoms with E-state index in [0.717, 1.165) is 5.56 Å². The van der Waals surface area contributed by atoms with Gasteiger partial charge in [-0.15, -0.1) is 5.10 Å². The molecule has 1 aliphatic heterocycles. The number of tetrazole rings is 1. The predicted octanol–water partition coefficient (Wildman–Crippen LogP) is 4.18. The maximum Gasteiger partial charge on any atom is 0.355 e. The van der Waals surface area contributed by atoms with Crippen molar-refractivity contribution in [2.45, 2.75) is 38.8 Å². The highest BCUT2D eigenvalue weighted by molar-refractivity contribution is 6.41. The lowest BCUT2D eigenvalue weighted by molar-refractivity contribution is -0.149. The number of carbonyl (C=O) groups is 4. The number of rotatable bonds is 8. The summed E-state index contributed by atoms with van der Waals surface area (Å²) in [5.74, 6) is -2.62. The first-order valence-electron chi connectivity index (χ1n) is 14.8. The fourth-order valence-electron chi connectivity index (χ4n) is 5.42. The highest BCUT2D eigenvalue weighted by Crippen LogP contribution is 2.30. The Morgan fingerprint density at radius 1 is 0.979 bits per heavy atom. The van der Waals surface area contributed by atoms with E-state index in [2.05, 4.69) is 25.8 Å². The first kappa shape index (κ1) is 31.4. The van der Waals surface area contributed by atoms with Gasteiger partial charge in [0.05, 0.1) is 11.4 Å². The van der Waals surface area contributed by atoms with Crippen LogP contribution in [0, 0.1) is 0 Å². The molecule has 0 spiro atoms. The molecule has 0 saturated carbocycles. The quantitative estimate of drug-likeness (QED) is 0.187. The van der Waals surface area contributed by atoms with Crippen LogP contribution < -0.4 is 10.2 Å². The highest BCUT2D eigenvalue weighted by Gasteiger charge is 2.40. The number of halogens is 1. The van der Waals surface area contributed by atoms with Crippen molar-refractivity contribution in [1.29, 1.82) is 0 Å². The Labute approximate surface area is 274 Å². The number of hydrogen-bond acceptors (Lipinski definition) is 8. The minimum absolute atomic E-state index is 0.0765. The van der Waals surface area contributed by atoms with Gasteiger partial charge in [0, 0.05) is 41.1 Å². The zero-order valence-electron chi connectivity index (χ0n) is 25.8. The molecule has 5 aromatic rings. The number of carbonyl (C=O) groups excluding carboxylic acids is 4. The predicted molar refractivity (Wildman–Crippen MR) is 174 cm³/mol. The van der Waals surface area contributed by atoms with Crippen LogP contribution in [-0.2, 0) is 25.5 Å². The molecule has 1 aliphatic rings. The third-order valence-corrected chi connectivity index (χ3v) is 7.77. The van der Waals surface area contributed by atoms with Crippen LogP contribution in [-0.4, -0.2) is 78.5 Å². The van der Waals surface area contributed by atoms with Gasteiger partial charge in [0.25, 0.3) is 0 Å². The van der Waals surface area contributed by atoms with E-state index < -0.39 is 35.3 Å². The Morgan fingerprint density at radius 2 is 1.77 bits per heavy atom. The van der Waals surface area contributed by atoms with E-state index in [4.69, 9.17) is 16.3 Å². The van der Waals surface area contributed by atoms with Crippen LogP contribution in [0.15, 0.2) is 79.1 Å². The minimum atomic E-state index is -1.01. The van der Waals surface area contributed by atoms with Gasteiger partial charge < -0.3 is 24.8 Å². The topological polar surface area (TPSA) is 155 Å². The summed E-state index contributed by atoms with van der Waals surface area (Å²) >= 11 is 6.28. The number of hydrogen-bond donors (Lipinski definition) is 2. The van der Waals surface area contributed by atoms with Gasteiger partial charge in [0.15, 0.2) is 0 Å². The summed E-state index contributed by atoms with van der Waals surface area (Å²) < 4.78 is 6.84. The molecule has 3 heterocycles. The molecule has 3 amide bonds. The first-order valence-corrected chi connectivity index (χ1v) is 15.2. The fraction of sp³-hybridized carbons (Fsp3) is 0.242. The molecule has 3 aromatic carbocycles. The van der Waals surface area contributed by atoms with Crippen LogP contribution in [0.2, 0.25) is 5.02 Å². The van der Waals surface area contributed by atoms with Gasteiger partial charge in [-0.1, -0.05) is 41.9 Å². The number of nitrogens with zero attached hydrogens (tertiary/aromatic N) is 6. The second-order valence-corrected chi connectivity index (χ2v) is 12.5. The molecule has 0 aliphatic carbocycles. The molecule has 0 unspecified atom stereocenters. The third kappa shape index (κ3) is 6.84. The van der Waals surface area contributed by atoms with E-state index in [0.29, 0.717) is 33.0 Å². The molecule has 0 bridgehead atoms. The van der Waals surface area contributed by atoms with E-state index in [9.17, 15) is 19.2 Å². The van der Waals surface area contributed by atoms with E-state index >= 15 is 0 Å². The zero-order chi connectivity index (χ0) is 33.3. The molecule has 6 rings (SSSR count). The second-order valence-electron chi connectivity index (χ2n) is 12.0. The number of anilines is 2. The van der Waals surface area contributed by atoms with Crippen LogP contribution in [0.25, 0.3) is 16.6 Å². The molecular weight excluding hydrogens is 624 g/mol. The Hall–Kier alpha value is -5.56. The number of amides is 3. The minimum Gasteiger partial charge on any atom is -0.455 e. The highest BCUT2D eigenvalue weighted by atomic mass is 35.5. The normalized spacial score (nSPS) is 14.4. The van der Waals surface area contributed by atoms with Crippen molar-refractivity contribution >= 4 is 57.6 Å². The van der Waals surface area contributed by atoms with Gasteiger partial charge in [-0.3, -0.25) is 14.4 Å². The molecule has 0 radical (unpaired) electrons. The Balaban J connectivity index is 1.25. The Kier molecular flexibility index (Phi) is 8.48. The average molecular weight is 655 g/mol. The summed E-state index contributed by atoms with van der Waals surface area (Å²) in [6, 6.07) is 19.9. The molecule has 14 heteroatoms. The summed E-state index contributed by atoms with van der Waals surface area (Å²) in [4.78, 5) is 59.6.